The molecular weight excluding hydrogens is 329 g/mol. The van der Waals surface area contributed by atoms with Gasteiger partial charge in [0.05, 0.1) is 10.8 Å². The van der Waals surface area contributed by atoms with Gasteiger partial charge < -0.3 is 0 Å². The van der Waals surface area contributed by atoms with Crippen LogP contribution in [0.5, 0.6) is 0 Å². The summed E-state index contributed by atoms with van der Waals surface area (Å²) in [7, 11) is -3.89. The van der Waals surface area contributed by atoms with Crippen LogP contribution in [0.1, 0.15) is 25.7 Å². The molecule has 1 aromatic heterocycles. The standard InChI is InChI=1S/C12H14ClF3N2O2S/c13-11-7-10(4-5-17-11)21(19,20)18-9-3-1-2-8(6-9)12(14,15)16/h4-5,7-9,18H,1-3,6H2. The molecule has 9 heteroatoms. The predicted molar refractivity (Wildman–Crippen MR) is 71.4 cm³/mol. The molecule has 0 saturated heterocycles. The molecule has 0 aliphatic heterocycles. The summed E-state index contributed by atoms with van der Waals surface area (Å²) in [6.45, 7) is 0. The lowest BCUT2D eigenvalue weighted by Crippen LogP contribution is -2.41. The van der Waals surface area contributed by atoms with Gasteiger partial charge in [0.2, 0.25) is 10.0 Å². The Morgan fingerprint density at radius 3 is 2.67 bits per heavy atom. The molecule has 1 N–H and O–H groups in total. The highest BCUT2D eigenvalue weighted by Crippen LogP contribution is 2.37. The third-order valence-corrected chi connectivity index (χ3v) is 5.19. The molecule has 0 spiro atoms. The second-order valence-electron chi connectivity index (χ2n) is 5.04. The summed E-state index contributed by atoms with van der Waals surface area (Å²) >= 11 is 5.62. The molecule has 1 aliphatic rings. The largest absolute Gasteiger partial charge is 0.391 e. The number of alkyl halides is 3. The number of halogens is 4. The van der Waals surface area contributed by atoms with Crippen LogP contribution >= 0.6 is 11.6 Å². The van der Waals surface area contributed by atoms with E-state index < -0.39 is 28.2 Å². The van der Waals surface area contributed by atoms with Crippen molar-refractivity contribution in [3.8, 4) is 0 Å². The van der Waals surface area contributed by atoms with Crippen LogP contribution in [0.25, 0.3) is 0 Å². The van der Waals surface area contributed by atoms with Crippen molar-refractivity contribution in [3.05, 3.63) is 23.5 Å². The Balaban J connectivity index is 2.10. The highest BCUT2D eigenvalue weighted by molar-refractivity contribution is 7.89. The molecule has 1 aliphatic carbocycles. The van der Waals surface area contributed by atoms with Gasteiger partial charge in [-0.2, -0.15) is 13.2 Å². The smallest absolute Gasteiger partial charge is 0.244 e. The van der Waals surface area contributed by atoms with E-state index in [0.717, 1.165) is 6.07 Å². The van der Waals surface area contributed by atoms with Gasteiger partial charge in [-0.3, -0.25) is 0 Å². The number of rotatable bonds is 3. The Hall–Kier alpha value is -0.860. The first-order valence-electron chi connectivity index (χ1n) is 6.39. The van der Waals surface area contributed by atoms with Crippen LogP contribution in [0.2, 0.25) is 5.15 Å². The molecule has 4 nitrogen and oxygen atoms in total. The van der Waals surface area contributed by atoms with Gasteiger partial charge in [0, 0.05) is 12.2 Å². The summed E-state index contributed by atoms with van der Waals surface area (Å²) < 4.78 is 64.7. The van der Waals surface area contributed by atoms with E-state index in [1.54, 1.807) is 0 Å². The van der Waals surface area contributed by atoms with E-state index in [2.05, 4.69) is 9.71 Å². The Bertz CT molecular complexity index is 607. The van der Waals surface area contributed by atoms with Gasteiger partial charge in [0.25, 0.3) is 0 Å². The fraction of sp³-hybridized carbons (Fsp3) is 0.583. The molecule has 1 aromatic rings. The average Bonchev–Trinajstić information content (AvgIpc) is 2.37. The maximum atomic E-state index is 12.7. The molecule has 1 fully saturated rings. The molecule has 2 atom stereocenters. The highest BCUT2D eigenvalue weighted by atomic mass is 35.5. The maximum Gasteiger partial charge on any atom is 0.391 e. The minimum absolute atomic E-state index is 0.00897. The molecule has 118 valence electrons. The lowest BCUT2D eigenvalue weighted by molar-refractivity contribution is -0.183. The minimum Gasteiger partial charge on any atom is -0.244 e. The van der Waals surface area contributed by atoms with Crippen molar-refractivity contribution in [1.82, 2.24) is 9.71 Å². The van der Waals surface area contributed by atoms with Gasteiger partial charge in [0.1, 0.15) is 5.15 Å². The fourth-order valence-corrected chi connectivity index (χ4v) is 3.97. The van der Waals surface area contributed by atoms with E-state index in [-0.39, 0.29) is 22.9 Å². The molecule has 0 radical (unpaired) electrons. The van der Waals surface area contributed by atoms with E-state index in [9.17, 15) is 21.6 Å². The second-order valence-corrected chi connectivity index (χ2v) is 7.14. The zero-order valence-electron chi connectivity index (χ0n) is 10.9. The Morgan fingerprint density at radius 1 is 1.33 bits per heavy atom. The molecule has 2 unspecified atom stereocenters. The molecule has 1 heterocycles. The van der Waals surface area contributed by atoms with E-state index in [4.69, 9.17) is 11.6 Å². The monoisotopic (exact) mass is 342 g/mol. The molecule has 0 bridgehead atoms. The molecule has 0 amide bonds. The second kappa shape index (κ2) is 6.10. The van der Waals surface area contributed by atoms with Crippen LogP contribution in [0.3, 0.4) is 0 Å². The van der Waals surface area contributed by atoms with Crippen molar-refractivity contribution in [2.45, 2.75) is 42.8 Å². The topological polar surface area (TPSA) is 59.1 Å². The average molecular weight is 343 g/mol. The lowest BCUT2D eigenvalue weighted by Gasteiger charge is -2.30. The van der Waals surface area contributed by atoms with Crippen molar-refractivity contribution in [2.24, 2.45) is 5.92 Å². The number of hydrogen-bond donors (Lipinski definition) is 1. The third-order valence-electron chi connectivity index (χ3n) is 3.47. The van der Waals surface area contributed by atoms with Gasteiger partial charge in [0.15, 0.2) is 0 Å². The van der Waals surface area contributed by atoms with Crippen LogP contribution in [0, 0.1) is 5.92 Å². The summed E-state index contributed by atoms with van der Waals surface area (Å²) in [4.78, 5) is 3.57. The zero-order chi connectivity index (χ0) is 15.7. The van der Waals surface area contributed by atoms with Gasteiger partial charge >= 0.3 is 6.18 Å². The molecular formula is C12H14ClF3N2O2S. The summed E-state index contributed by atoms with van der Waals surface area (Å²) in [5.74, 6) is -1.46. The van der Waals surface area contributed by atoms with Crippen molar-refractivity contribution in [1.29, 1.82) is 0 Å². The van der Waals surface area contributed by atoms with E-state index >= 15 is 0 Å². The fourth-order valence-electron chi connectivity index (χ4n) is 2.43. The first-order valence-corrected chi connectivity index (χ1v) is 8.25. The maximum absolute atomic E-state index is 12.7. The Kier molecular flexibility index (Phi) is 4.79. The van der Waals surface area contributed by atoms with Crippen LogP contribution in [0.4, 0.5) is 13.2 Å². The van der Waals surface area contributed by atoms with Crippen molar-refractivity contribution >= 4 is 21.6 Å². The van der Waals surface area contributed by atoms with E-state index in [0.29, 0.717) is 12.8 Å². The number of pyridine rings is 1. The lowest BCUT2D eigenvalue weighted by atomic mass is 9.86. The third kappa shape index (κ3) is 4.31. The summed E-state index contributed by atoms with van der Waals surface area (Å²) in [6, 6.07) is 1.69. The number of aromatic nitrogens is 1. The number of nitrogens with zero attached hydrogens (tertiary/aromatic N) is 1. The minimum atomic E-state index is -4.29. The van der Waals surface area contributed by atoms with Crippen LogP contribution < -0.4 is 4.72 Å². The van der Waals surface area contributed by atoms with E-state index in [1.807, 2.05) is 0 Å². The van der Waals surface area contributed by atoms with Crippen LogP contribution in [-0.4, -0.2) is 25.6 Å². The van der Waals surface area contributed by atoms with Gasteiger partial charge in [-0.05, 0) is 31.4 Å². The van der Waals surface area contributed by atoms with Crippen molar-refractivity contribution in [2.75, 3.05) is 0 Å². The molecule has 21 heavy (non-hydrogen) atoms. The van der Waals surface area contributed by atoms with Crippen LogP contribution in [0.15, 0.2) is 23.2 Å². The number of sulfonamides is 1. The number of hydrogen-bond acceptors (Lipinski definition) is 3. The first-order chi connectivity index (χ1) is 9.68. The van der Waals surface area contributed by atoms with Gasteiger partial charge in [-0.25, -0.2) is 18.1 Å². The molecule has 0 aromatic carbocycles. The van der Waals surface area contributed by atoms with Crippen molar-refractivity contribution < 1.29 is 21.6 Å². The van der Waals surface area contributed by atoms with Gasteiger partial charge in [-0.15, -0.1) is 0 Å². The van der Waals surface area contributed by atoms with Crippen molar-refractivity contribution in [3.63, 3.8) is 0 Å². The summed E-state index contributed by atoms with van der Waals surface area (Å²) in [5, 5.41) is 0.00897. The predicted octanol–water partition coefficient (Wildman–Crippen LogP) is 3.13. The Morgan fingerprint density at radius 2 is 2.05 bits per heavy atom. The quantitative estimate of drug-likeness (QED) is 0.858. The number of nitrogens with one attached hydrogen (secondary N) is 1. The molecule has 2 rings (SSSR count). The van der Waals surface area contributed by atoms with Gasteiger partial charge in [-0.1, -0.05) is 18.0 Å². The SMILES string of the molecule is O=S(=O)(NC1CCCC(C(F)(F)F)C1)c1ccnc(Cl)c1. The Labute approximate surface area is 125 Å². The van der Waals surface area contributed by atoms with Crippen LogP contribution in [-0.2, 0) is 10.0 Å². The zero-order valence-corrected chi connectivity index (χ0v) is 12.5. The van der Waals surface area contributed by atoms with E-state index in [1.165, 1.54) is 12.3 Å². The highest BCUT2D eigenvalue weighted by Gasteiger charge is 2.42. The summed E-state index contributed by atoms with van der Waals surface area (Å²) in [6.07, 6.45) is -2.51. The molecule has 1 saturated carbocycles. The summed E-state index contributed by atoms with van der Waals surface area (Å²) in [5.41, 5.74) is 0. The first kappa shape index (κ1) is 16.5. The normalized spacial score (nSPS) is 24.0.